The van der Waals surface area contributed by atoms with E-state index in [0.29, 0.717) is 5.02 Å². The summed E-state index contributed by atoms with van der Waals surface area (Å²) in [5.41, 5.74) is 3.27. The molecule has 1 unspecified atom stereocenters. The zero-order valence-corrected chi connectivity index (χ0v) is 10.7. The van der Waals surface area contributed by atoms with Gasteiger partial charge in [-0.2, -0.15) is 0 Å². The van der Waals surface area contributed by atoms with Crippen molar-refractivity contribution in [2.24, 2.45) is 0 Å². The van der Waals surface area contributed by atoms with Crippen molar-refractivity contribution in [3.63, 3.8) is 0 Å². The molecule has 0 amide bonds. The molecule has 0 saturated carbocycles. The molecule has 1 aromatic heterocycles. The number of aromatic nitrogens is 1. The fourth-order valence-electron chi connectivity index (χ4n) is 1.92. The summed E-state index contributed by atoms with van der Waals surface area (Å²) in [4.78, 5) is 4.36. The Kier molecular flexibility index (Phi) is 3.77. The number of rotatable bonds is 3. The Balaban J connectivity index is 2.44. The maximum atomic E-state index is 6.18. The summed E-state index contributed by atoms with van der Waals surface area (Å²) in [5, 5.41) is 3.94. The van der Waals surface area contributed by atoms with Gasteiger partial charge in [0, 0.05) is 6.20 Å². The maximum absolute atomic E-state index is 6.18. The molecule has 2 nitrogen and oxygen atoms in total. The van der Waals surface area contributed by atoms with Crippen LogP contribution in [0.15, 0.2) is 42.6 Å². The number of benzene rings is 1. The van der Waals surface area contributed by atoms with Crippen LogP contribution in [0.25, 0.3) is 0 Å². The van der Waals surface area contributed by atoms with Crippen molar-refractivity contribution >= 4 is 11.6 Å². The molecular formula is C14H15ClN2. The van der Waals surface area contributed by atoms with Crippen molar-refractivity contribution in [1.82, 2.24) is 10.3 Å². The van der Waals surface area contributed by atoms with E-state index in [1.54, 1.807) is 6.20 Å². The Morgan fingerprint density at radius 1 is 1.24 bits per heavy atom. The van der Waals surface area contributed by atoms with Crippen molar-refractivity contribution in [2.45, 2.75) is 13.0 Å². The first-order valence-electron chi connectivity index (χ1n) is 5.56. The van der Waals surface area contributed by atoms with E-state index in [-0.39, 0.29) is 6.04 Å². The fourth-order valence-corrected chi connectivity index (χ4v) is 2.15. The fraction of sp³-hybridized carbons (Fsp3) is 0.214. The molecule has 0 aliphatic rings. The number of nitrogens with zero attached hydrogens (tertiary/aromatic N) is 1. The molecule has 2 rings (SSSR count). The Labute approximate surface area is 107 Å². The third-order valence-corrected chi connectivity index (χ3v) is 3.04. The van der Waals surface area contributed by atoms with E-state index in [2.05, 4.69) is 35.4 Å². The summed E-state index contributed by atoms with van der Waals surface area (Å²) in [6.45, 7) is 2.08. The second kappa shape index (κ2) is 5.30. The number of nitrogens with one attached hydrogen (secondary N) is 1. The monoisotopic (exact) mass is 246 g/mol. The minimum absolute atomic E-state index is 0.0311. The molecule has 0 radical (unpaired) electrons. The van der Waals surface area contributed by atoms with Crippen molar-refractivity contribution in [3.05, 3.63) is 64.4 Å². The number of pyridine rings is 1. The molecule has 1 heterocycles. The average molecular weight is 247 g/mol. The van der Waals surface area contributed by atoms with E-state index in [1.807, 2.05) is 25.2 Å². The molecule has 0 aliphatic heterocycles. The Morgan fingerprint density at radius 2 is 2.06 bits per heavy atom. The van der Waals surface area contributed by atoms with Crippen LogP contribution in [0.2, 0.25) is 5.02 Å². The van der Waals surface area contributed by atoms with E-state index in [1.165, 1.54) is 11.1 Å². The second-order valence-corrected chi connectivity index (χ2v) is 4.41. The van der Waals surface area contributed by atoms with Gasteiger partial charge in [-0.1, -0.05) is 41.4 Å². The summed E-state index contributed by atoms with van der Waals surface area (Å²) in [6.07, 6.45) is 1.77. The van der Waals surface area contributed by atoms with Crippen LogP contribution in [0, 0.1) is 6.92 Å². The molecule has 0 saturated heterocycles. The summed E-state index contributed by atoms with van der Waals surface area (Å²) in [6, 6.07) is 12.1. The minimum atomic E-state index is 0.0311. The van der Waals surface area contributed by atoms with Crippen LogP contribution in [-0.4, -0.2) is 12.0 Å². The van der Waals surface area contributed by atoms with Crippen molar-refractivity contribution in [1.29, 1.82) is 0 Å². The smallest absolute Gasteiger partial charge is 0.0804 e. The van der Waals surface area contributed by atoms with Crippen LogP contribution in [-0.2, 0) is 0 Å². The normalized spacial score (nSPS) is 12.4. The van der Waals surface area contributed by atoms with Gasteiger partial charge >= 0.3 is 0 Å². The van der Waals surface area contributed by atoms with Crippen LogP contribution >= 0.6 is 11.6 Å². The van der Waals surface area contributed by atoms with Crippen molar-refractivity contribution in [3.8, 4) is 0 Å². The molecule has 0 bridgehead atoms. The highest BCUT2D eigenvalue weighted by Crippen LogP contribution is 2.26. The molecule has 1 atom stereocenters. The van der Waals surface area contributed by atoms with Gasteiger partial charge in [0.2, 0.25) is 0 Å². The number of aryl methyl sites for hydroxylation is 1. The first-order valence-corrected chi connectivity index (χ1v) is 5.94. The first kappa shape index (κ1) is 12.1. The predicted octanol–water partition coefficient (Wildman–Crippen LogP) is 3.35. The maximum Gasteiger partial charge on any atom is 0.0804 e. The molecule has 1 N–H and O–H groups in total. The highest BCUT2D eigenvalue weighted by Gasteiger charge is 2.16. The molecule has 0 spiro atoms. The average Bonchev–Trinajstić information content (AvgIpc) is 2.33. The Morgan fingerprint density at radius 3 is 2.71 bits per heavy atom. The molecule has 1 aromatic carbocycles. The highest BCUT2D eigenvalue weighted by molar-refractivity contribution is 6.31. The second-order valence-electron chi connectivity index (χ2n) is 4.01. The van der Waals surface area contributed by atoms with Gasteiger partial charge in [-0.3, -0.25) is 4.98 Å². The molecule has 2 aromatic rings. The van der Waals surface area contributed by atoms with Gasteiger partial charge in [-0.05, 0) is 31.7 Å². The minimum Gasteiger partial charge on any atom is -0.308 e. The highest BCUT2D eigenvalue weighted by atomic mass is 35.5. The molecule has 88 valence electrons. The summed E-state index contributed by atoms with van der Waals surface area (Å²) in [7, 11) is 1.91. The van der Waals surface area contributed by atoms with Gasteiger partial charge in [0.15, 0.2) is 0 Å². The van der Waals surface area contributed by atoms with Gasteiger partial charge in [0.25, 0.3) is 0 Å². The summed E-state index contributed by atoms with van der Waals surface area (Å²) >= 11 is 6.18. The topological polar surface area (TPSA) is 24.9 Å². The van der Waals surface area contributed by atoms with Crippen molar-refractivity contribution in [2.75, 3.05) is 7.05 Å². The van der Waals surface area contributed by atoms with E-state index >= 15 is 0 Å². The summed E-state index contributed by atoms with van der Waals surface area (Å²) in [5.74, 6) is 0. The largest absolute Gasteiger partial charge is 0.308 e. The third kappa shape index (κ3) is 2.65. The SMILES string of the molecule is CNC(c1cccc(C)c1)c1ncccc1Cl. The standard InChI is InChI=1S/C14H15ClN2/c1-10-5-3-6-11(9-10)13(16-2)14-12(15)7-4-8-17-14/h3-9,13,16H,1-2H3. The van der Waals surface area contributed by atoms with Gasteiger partial charge < -0.3 is 5.32 Å². The van der Waals surface area contributed by atoms with Gasteiger partial charge in [0.05, 0.1) is 16.8 Å². The van der Waals surface area contributed by atoms with E-state index in [4.69, 9.17) is 11.6 Å². The molecule has 3 heteroatoms. The van der Waals surface area contributed by atoms with Crippen LogP contribution in [0.5, 0.6) is 0 Å². The predicted molar refractivity (Wildman–Crippen MR) is 71.3 cm³/mol. The van der Waals surface area contributed by atoms with E-state index in [0.717, 1.165) is 5.69 Å². The van der Waals surface area contributed by atoms with Crippen LogP contribution in [0.1, 0.15) is 22.9 Å². The molecule has 0 aliphatic carbocycles. The van der Waals surface area contributed by atoms with Crippen LogP contribution < -0.4 is 5.32 Å². The number of hydrogen-bond donors (Lipinski definition) is 1. The van der Waals surface area contributed by atoms with E-state index < -0.39 is 0 Å². The lowest BCUT2D eigenvalue weighted by molar-refractivity contribution is 0.671. The van der Waals surface area contributed by atoms with Gasteiger partial charge in [-0.15, -0.1) is 0 Å². The quantitative estimate of drug-likeness (QED) is 0.899. The lowest BCUT2D eigenvalue weighted by Crippen LogP contribution is -2.19. The zero-order valence-electron chi connectivity index (χ0n) is 9.94. The first-order chi connectivity index (χ1) is 8.22. The Hall–Kier alpha value is -1.38. The number of halogens is 1. The molecule has 0 fully saturated rings. The molecular weight excluding hydrogens is 232 g/mol. The number of hydrogen-bond acceptors (Lipinski definition) is 2. The van der Waals surface area contributed by atoms with Gasteiger partial charge in [0.1, 0.15) is 0 Å². The van der Waals surface area contributed by atoms with Crippen LogP contribution in [0.3, 0.4) is 0 Å². The summed E-state index contributed by atoms with van der Waals surface area (Å²) < 4.78 is 0. The Bertz CT molecular complexity index is 511. The third-order valence-electron chi connectivity index (χ3n) is 2.72. The van der Waals surface area contributed by atoms with Crippen molar-refractivity contribution < 1.29 is 0 Å². The van der Waals surface area contributed by atoms with Gasteiger partial charge in [-0.25, -0.2) is 0 Å². The lowest BCUT2D eigenvalue weighted by Gasteiger charge is -2.17. The molecule has 17 heavy (non-hydrogen) atoms. The lowest BCUT2D eigenvalue weighted by atomic mass is 10.0. The van der Waals surface area contributed by atoms with E-state index in [9.17, 15) is 0 Å². The van der Waals surface area contributed by atoms with Crippen LogP contribution in [0.4, 0.5) is 0 Å². The zero-order chi connectivity index (χ0) is 12.3.